The van der Waals surface area contributed by atoms with Gasteiger partial charge in [-0.2, -0.15) is 0 Å². The standard InChI is InChI=1S/C33H55N7O5/c1-8-10-26(38-32(44)27(18-23-11-12-23)39-30(42)24-13-15-34-16-14-24)31(43)37-25(17-20(3)4)19-36-22(7)29(41)40-28(21(5)6)33(45)35-9-2/h13-16,20-23,25-28,36H,8-12,17-19H2,1-7H3,(H,35,45)(H,37,43)(H,38,44)(H,39,42)(H,40,41)/t22-,25-,26-,27-,28-/m0/s1. The molecule has 2 rings (SSSR count). The molecule has 5 amide bonds. The fourth-order valence-electron chi connectivity index (χ4n) is 5.07. The van der Waals surface area contributed by atoms with E-state index in [0.29, 0.717) is 50.3 Å². The van der Waals surface area contributed by atoms with Gasteiger partial charge < -0.3 is 31.9 Å². The lowest BCUT2D eigenvalue weighted by molar-refractivity contribution is -0.131. The number of hydrogen-bond acceptors (Lipinski definition) is 7. The Morgan fingerprint density at radius 1 is 0.822 bits per heavy atom. The second kappa shape index (κ2) is 19.1. The molecule has 1 aliphatic rings. The molecule has 12 nitrogen and oxygen atoms in total. The molecule has 45 heavy (non-hydrogen) atoms. The SMILES string of the molecule is CCC[C@H](NC(=O)[C@H](CC1CC1)NC(=O)c1ccncc1)C(=O)N[C@H](CN[C@@H](C)C(=O)N[C@H](C(=O)NCC)C(C)C)CC(C)C. The van der Waals surface area contributed by atoms with Gasteiger partial charge in [0.25, 0.3) is 5.91 Å². The Balaban J connectivity index is 2.04. The summed E-state index contributed by atoms with van der Waals surface area (Å²) < 4.78 is 0. The van der Waals surface area contributed by atoms with Crippen LogP contribution in [0.4, 0.5) is 0 Å². The smallest absolute Gasteiger partial charge is 0.252 e. The summed E-state index contributed by atoms with van der Waals surface area (Å²) >= 11 is 0. The van der Waals surface area contributed by atoms with Gasteiger partial charge in [-0.1, -0.05) is 53.9 Å². The van der Waals surface area contributed by atoms with E-state index in [9.17, 15) is 24.0 Å². The number of amides is 5. The maximum atomic E-state index is 13.5. The summed E-state index contributed by atoms with van der Waals surface area (Å²) in [4.78, 5) is 69.1. The van der Waals surface area contributed by atoms with E-state index in [1.807, 2.05) is 41.5 Å². The first-order valence-corrected chi connectivity index (χ1v) is 16.5. The van der Waals surface area contributed by atoms with Crippen LogP contribution < -0.4 is 31.9 Å². The highest BCUT2D eigenvalue weighted by Gasteiger charge is 2.33. The van der Waals surface area contributed by atoms with Crippen LogP contribution in [0.1, 0.15) is 97.3 Å². The van der Waals surface area contributed by atoms with E-state index in [0.717, 1.165) is 12.8 Å². The van der Waals surface area contributed by atoms with E-state index >= 15 is 0 Å². The summed E-state index contributed by atoms with van der Waals surface area (Å²) in [5.74, 6) is -1.03. The Kier molecular flexibility index (Phi) is 16.0. The van der Waals surface area contributed by atoms with Crippen molar-refractivity contribution in [1.29, 1.82) is 0 Å². The molecule has 0 bridgehead atoms. The van der Waals surface area contributed by atoms with Gasteiger partial charge in [0.05, 0.1) is 6.04 Å². The van der Waals surface area contributed by atoms with Gasteiger partial charge in [0.2, 0.25) is 23.6 Å². The van der Waals surface area contributed by atoms with E-state index in [4.69, 9.17) is 0 Å². The number of carbonyl (C=O) groups excluding carboxylic acids is 5. The lowest BCUT2D eigenvalue weighted by Gasteiger charge is -2.28. The average Bonchev–Trinajstić information content (AvgIpc) is 3.81. The minimum Gasteiger partial charge on any atom is -0.355 e. The highest BCUT2D eigenvalue weighted by atomic mass is 16.2. The number of pyridine rings is 1. The normalized spacial score (nSPS) is 16.2. The zero-order chi connectivity index (χ0) is 33.5. The van der Waals surface area contributed by atoms with Crippen molar-refractivity contribution in [2.45, 2.75) is 117 Å². The highest BCUT2D eigenvalue weighted by Crippen LogP contribution is 2.33. The van der Waals surface area contributed by atoms with E-state index in [1.165, 1.54) is 12.4 Å². The van der Waals surface area contributed by atoms with Crippen LogP contribution in [-0.2, 0) is 19.2 Å². The quantitative estimate of drug-likeness (QED) is 0.128. The molecule has 0 aliphatic heterocycles. The molecule has 0 radical (unpaired) electrons. The summed E-state index contributed by atoms with van der Waals surface area (Å²) in [5.41, 5.74) is 0.414. The number of nitrogens with one attached hydrogen (secondary N) is 6. The van der Waals surface area contributed by atoms with Gasteiger partial charge in [-0.05, 0) is 63.0 Å². The average molecular weight is 630 g/mol. The highest BCUT2D eigenvalue weighted by molar-refractivity contribution is 5.98. The van der Waals surface area contributed by atoms with Crippen LogP contribution in [0.5, 0.6) is 0 Å². The first-order valence-electron chi connectivity index (χ1n) is 16.5. The molecular weight excluding hydrogens is 574 g/mol. The van der Waals surface area contributed by atoms with Crippen LogP contribution in [-0.4, -0.2) is 77.8 Å². The van der Waals surface area contributed by atoms with Gasteiger partial charge in [-0.25, -0.2) is 0 Å². The molecule has 252 valence electrons. The van der Waals surface area contributed by atoms with Crippen molar-refractivity contribution in [3.8, 4) is 0 Å². The van der Waals surface area contributed by atoms with Crippen molar-refractivity contribution in [3.63, 3.8) is 0 Å². The third kappa shape index (κ3) is 13.5. The van der Waals surface area contributed by atoms with Crippen molar-refractivity contribution in [3.05, 3.63) is 30.1 Å². The lowest BCUT2D eigenvalue weighted by Crippen LogP contribution is -2.57. The van der Waals surface area contributed by atoms with Crippen molar-refractivity contribution in [1.82, 2.24) is 36.9 Å². The first-order chi connectivity index (χ1) is 21.4. The van der Waals surface area contributed by atoms with Crippen molar-refractivity contribution < 1.29 is 24.0 Å². The Hall–Kier alpha value is -3.54. The van der Waals surface area contributed by atoms with E-state index in [2.05, 4.69) is 36.9 Å². The monoisotopic (exact) mass is 629 g/mol. The molecule has 1 heterocycles. The summed E-state index contributed by atoms with van der Waals surface area (Å²) in [7, 11) is 0. The molecule has 1 fully saturated rings. The molecule has 1 aliphatic carbocycles. The van der Waals surface area contributed by atoms with Crippen LogP contribution in [0, 0.1) is 17.8 Å². The molecule has 1 aromatic rings. The van der Waals surface area contributed by atoms with E-state index < -0.39 is 24.2 Å². The number of carbonyl (C=O) groups is 5. The van der Waals surface area contributed by atoms with Gasteiger partial charge in [-0.15, -0.1) is 0 Å². The van der Waals surface area contributed by atoms with E-state index in [1.54, 1.807) is 19.1 Å². The second-order valence-corrected chi connectivity index (χ2v) is 12.9. The molecule has 6 N–H and O–H groups in total. The number of nitrogens with zero attached hydrogens (tertiary/aromatic N) is 1. The molecule has 0 spiro atoms. The van der Waals surface area contributed by atoms with Gasteiger partial charge in [0, 0.05) is 37.1 Å². The van der Waals surface area contributed by atoms with Crippen molar-refractivity contribution in [2.75, 3.05) is 13.1 Å². The predicted octanol–water partition coefficient (Wildman–Crippen LogP) is 2.05. The van der Waals surface area contributed by atoms with Gasteiger partial charge in [0.15, 0.2) is 0 Å². The second-order valence-electron chi connectivity index (χ2n) is 12.9. The largest absolute Gasteiger partial charge is 0.355 e. The maximum Gasteiger partial charge on any atom is 0.252 e. The summed E-state index contributed by atoms with van der Waals surface area (Å²) in [6.45, 7) is 14.1. The van der Waals surface area contributed by atoms with Gasteiger partial charge in [-0.3, -0.25) is 29.0 Å². The number of aromatic nitrogens is 1. The zero-order valence-corrected chi connectivity index (χ0v) is 28.1. The van der Waals surface area contributed by atoms with Crippen LogP contribution in [0.2, 0.25) is 0 Å². The Morgan fingerprint density at radius 2 is 1.47 bits per heavy atom. The molecule has 0 unspecified atom stereocenters. The van der Waals surface area contributed by atoms with E-state index in [-0.39, 0.29) is 47.4 Å². The summed E-state index contributed by atoms with van der Waals surface area (Å²) in [6.07, 6.45) is 7.34. The fraction of sp³-hybridized carbons (Fsp3) is 0.697. The number of hydrogen-bond donors (Lipinski definition) is 6. The molecule has 1 saturated carbocycles. The van der Waals surface area contributed by atoms with Crippen LogP contribution in [0.3, 0.4) is 0 Å². The predicted molar refractivity (Wildman–Crippen MR) is 174 cm³/mol. The lowest BCUT2D eigenvalue weighted by atomic mass is 10.0. The van der Waals surface area contributed by atoms with Crippen LogP contribution >= 0.6 is 0 Å². The maximum absolute atomic E-state index is 13.5. The third-order valence-corrected chi connectivity index (χ3v) is 7.80. The van der Waals surface area contributed by atoms with Gasteiger partial charge >= 0.3 is 0 Å². The molecule has 12 heteroatoms. The van der Waals surface area contributed by atoms with Crippen LogP contribution in [0.15, 0.2) is 24.5 Å². The Labute approximate surface area is 268 Å². The van der Waals surface area contributed by atoms with Crippen molar-refractivity contribution in [2.24, 2.45) is 17.8 Å². The molecule has 1 aromatic heterocycles. The molecule has 0 aromatic carbocycles. The summed E-state index contributed by atoms with van der Waals surface area (Å²) in [5, 5.41) is 17.6. The van der Waals surface area contributed by atoms with Gasteiger partial charge in [0.1, 0.15) is 18.1 Å². The minimum atomic E-state index is -0.777. The summed E-state index contributed by atoms with van der Waals surface area (Å²) in [6, 6.07) is 0.0901. The minimum absolute atomic E-state index is 0.0841. The van der Waals surface area contributed by atoms with Crippen LogP contribution in [0.25, 0.3) is 0 Å². The topological polar surface area (TPSA) is 170 Å². The third-order valence-electron chi connectivity index (χ3n) is 7.80. The number of likely N-dealkylation sites (N-methyl/N-ethyl adjacent to an activating group) is 1. The number of rotatable bonds is 20. The first kappa shape index (κ1) is 37.6. The Morgan fingerprint density at radius 3 is 2.02 bits per heavy atom. The fourth-order valence-corrected chi connectivity index (χ4v) is 5.07. The molecule has 0 saturated heterocycles. The molecular formula is C33H55N7O5. The zero-order valence-electron chi connectivity index (χ0n) is 28.1. The van der Waals surface area contributed by atoms with Crippen molar-refractivity contribution >= 4 is 29.5 Å². The Bertz CT molecular complexity index is 1110. The molecule has 5 atom stereocenters.